The van der Waals surface area contributed by atoms with Gasteiger partial charge in [-0.15, -0.1) is 0 Å². The van der Waals surface area contributed by atoms with Crippen LogP contribution in [0, 0.1) is 0 Å². The van der Waals surface area contributed by atoms with Crippen molar-refractivity contribution in [2.24, 2.45) is 0 Å². The molecule has 8 nitrogen and oxygen atoms in total. The molecule has 9 heteroatoms. The van der Waals surface area contributed by atoms with Crippen LogP contribution in [-0.2, 0) is 4.74 Å². The minimum atomic E-state index is -0.350. The molecule has 0 aliphatic carbocycles. The van der Waals surface area contributed by atoms with Crippen LogP contribution in [0.25, 0.3) is 11.4 Å². The largest absolute Gasteiger partial charge is 0.379 e. The summed E-state index contributed by atoms with van der Waals surface area (Å²) in [5.41, 5.74) is 6.49. The number of morpholine rings is 1. The van der Waals surface area contributed by atoms with Crippen LogP contribution in [0.4, 0.5) is 0 Å². The zero-order valence-electron chi connectivity index (χ0n) is 15.6. The summed E-state index contributed by atoms with van der Waals surface area (Å²) < 4.78 is 5.33. The van der Waals surface area contributed by atoms with Gasteiger partial charge in [0.05, 0.1) is 18.8 Å². The van der Waals surface area contributed by atoms with Gasteiger partial charge in [-0.25, -0.2) is 9.97 Å². The predicted octanol–water partition coefficient (Wildman–Crippen LogP) is 0.975. The molecule has 0 saturated carbocycles. The lowest BCUT2D eigenvalue weighted by Gasteiger charge is -2.26. The number of carbonyl (C=O) groups is 1. The molecule has 2 heterocycles. The minimum absolute atomic E-state index is 0.349. The zero-order valence-corrected chi connectivity index (χ0v) is 16.4. The Morgan fingerprint density at radius 2 is 1.82 bits per heavy atom. The van der Waals surface area contributed by atoms with Gasteiger partial charge in [0.1, 0.15) is 0 Å². The van der Waals surface area contributed by atoms with Crippen molar-refractivity contribution < 1.29 is 9.53 Å². The first kappa shape index (κ1) is 20.1. The van der Waals surface area contributed by atoms with Crippen molar-refractivity contribution in [3.63, 3.8) is 0 Å². The highest BCUT2D eigenvalue weighted by Gasteiger charge is 2.10. The van der Waals surface area contributed by atoms with Crippen LogP contribution in [0.2, 0.25) is 0 Å². The molecule has 1 aliphatic rings. The zero-order chi connectivity index (χ0) is 19.6. The van der Waals surface area contributed by atoms with Crippen LogP contribution in [-0.4, -0.2) is 65.3 Å². The van der Waals surface area contributed by atoms with Crippen molar-refractivity contribution in [3.8, 4) is 11.4 Å². The van der Waals surface area contributed by atoms with E-state index in [1.165, 1.54) is 12.4 Å². The van der Waals surface area contributed by atoms with E-state index in [-0.39, 0.29) is 5.91 Å². The van der Waals surface area contributed by atoms with Crippen molar-refractivity contribution in [1.29, 1.82) is 0 Å². The first-order chi connectivity index (χ1) is 13.7. The molecule has 2 aromatic rings. The second-order valence-electron chi connectivity index (χ2n) is 6.30. The number of hydrogen-bond acceptors (Lipinski definition) is 6. The number of benzene rings is 1. The monoisotopic (exact) mass is 400 g/mol. The fraction of sp³-hybridized carbons (Fsp3) is 0.368. The van der Waals surface area contributed by atoms with Crippen LogP contribution < -0.4 is 16.2 Å². The molecule has 28 heavy (non-hydrogen) atoms. The van der Waals surface area contributed by atoms with E-state index in [1.807, 2.05) is 30.3 Å². The highest BCUT2D eigenvalue weighted by atomic mass is 32.1. The van der Waals surface area contributed by atoms with Gasteiger partial charge in [0.15, 0.2) is 10.9 Å². The molecule has 1 saturated heterocycles. The van der Waals surface area contributed by atoms with Crippen molar-refractivity contribution in [1.82, 2.24) is 31.0 Å². The Bertz CT molecular complexity index is 766. The number of aromatic nitrogens is 2. The molecule has 1 aliphatic heterocycles. The number of nitrogens with zero attached hydrogens (tertiary/aromatic N) is 3. The average Bonchev–Trinajstić information content (AvgIpc) is 2.76. The normalized spacial score (nSPS) is 14.3. The second kappa shape index (κ2) is 10.6. The summed E-state index contributed by atoms with van der Waals surface area (Å²) >= 11 is 5.18. The SMILES string of the molecule is O=C(NNC(=S)NCCCN1CCOCC1)c1cnc(-c2ccccc2)nc1. The van der Waals surface area contributed by atoms with Gasteiger partial charge in [-0.05, 0) is 25.2 Å². The molecule has 0 atom stereocenters. The molecule has 1 fully saturated rings. The molecular weight excluding hydrogens is 376 g/mol. The summed E-state index contributed by atoms with van der Waals surface area (Å²) in [6, 6.07) is 9.59. The molecule has 1 amide bonds. The summed E-state index contributed by atoms with van der Waals surface area (Å²) in [4.78, 5) is 23.0. The van der Waals surface area contributed by atoms with E-state index in [2.05, 4.69) is 31.0 Å². The minimum Gasteiger partial charge on any atom is -0.379 e. The third-order valence-electron chi connectivity index (χ3n) is 4.28. The highest BCUT2D eigenvalue weighted by Crippen LogP contribution is 2.12. The van der Waals surface area contributed by atoms with Gasteiger partial charge in [-0.3, -0.25) is 20.5 Å². The lowest BCUT2D eigenvalue weighted by Crippen LogP contribution is -2.47. The summed E-state index contributed by atoms with van der Waals surface area (Å²) in [7, 11) is 0. The number of hydrazine groups is 1. The van der Waals surface area contributed by atoms with Crippen molar-refractivity contribution in [2.75, 3.05) is 39.4 Å². The van der Waals surface area contributed by atoms with Gasteiger partial charge >= 0.3 is 0 Å². The summed E-state index contributed by atoms with van der Waals surface area (Å²) in [5, 5.41) is 3.45. The Hall–Kier alpha value is -2.62. The van der Waals surface area contributed by atoms with Gasteiger partial charge in [-0.2, -0.15) is 0 Å². The third-order valence-corrected chi connectivity index (χ3v) is 4.52. The van der Waals surface area contributed by atoms with E-state index in [0.29, 0.717) is 16.5 Å². The fourth-order valence-corrected chi connectivity index (χ4v) is 2.89. The third kappa shape index (κ3) is 6.22. The predicted molar refractivity (Wildman–Crippen MR) is 111 cm³/mol. The maximum Gasteiger partial charge on any atom is 0.272 e. The smallest absolute Gasteiger partial charge is 0.272 e. The van der Waals surface area contributed by atoms with Crippen LogP contribution >= 0.6 is 12.2 Å². The lowest BCUT2D eigenvalue weighted by molar-refractivity contribution is 0.0376. The average molecular weight is 401 g/mol. The number of ether oxygens (including phenoxy) is 1. The quantitative estimate of drug-likeness (QED) is 0.375. The van der Waals surface area contributed by atoms with E-state index in [0.717, 1.165) is 51.4 Å². The van der Waals surface area contributed by atoms with Crippen LogP contribution in [0.3, 0.4) is 0 Å². The van der Waals surface area contributed by atoms with Crippen molar-refractivity contribution in [3.05, 3.63) is 48.3 Å². The van der Waals surface area contributed by atoms with Crippen LogP contribution in [0.15, 0.2) is 42.7 Å². The number of hydrogen-bond donors (Lipinski definition) is 3. The number of nitrogens with one attached hydrogen (secondary N) is 3. The number of thiocarbonyl (C=S) groups is 1. The molecular formula is C19H24N6O2S. The molecule has 1 aromatic carbocycles. The number of carbonyl (C=O) groups excluding carboxylic acids is 1. The van der Waals surface area contributed by atoms with Crippen LogP contribution in [0.1, 0.15) is 16.8 Å². The van der Waals surface area contributed by atoms with Gasteiger partial charge in [0.25, 0.3) is 5.91 Å². The molecule has 148 valence electrons. The van der Waals surface area contributed by atoms with E-state index < -0.39 is 0 Å². The molecule has 0 radical (unpaired) electrons. The van der Waals surface area contributed by atoms with Gasteiger partial charge in [0, 0.05) is 37.6 Å². The Kier molecular flexibility index (Phi) is 7.65. The standard InChI is InChI=1S/C19H24N6O2S/c26-18(16-13-21-17(22-14-16)15-5-2-1-3-6-15)23-24-19(28)20-7-4-8-25-9-11-27-12-10-25/h1-3,5-6,13-14H,4,7-12H2,(H,23,26)(H2,20,24,28). The summed E-state index contributed by atoms with van der Waals surface area (Å²) in [6.07, 6.45) is 3.95. The van der Waals surface area contributed by atoms with Gasteiger partial charge in [-0.1, -0.05) is 30.3 Å². The van der Waals surface area contributed by atoms with Crippen LogP contribution in [0.5, 0.6) is 0 Å². The topological polar surface area (TPSA) is 91.4 Å². The first-order valence-electron chi connectivity index (χ1n) is 9.24. The van der Waals surface area contributed by atoms with Crippen molar-refractivity contribution >= 4 is 23.2 Å². The van der Waals surface area contributed by atoms with E-state index in [1.54, 1.807) is 0 Å². The Morgan fingerprint density at radius 3 is 2.54 bits per heavy atom. The van der Waals surface area contributed by atoms with Gasteiger partial charge < -0.3 is 10.1 Å². The van der Waals surface area contributed by atoms with E-state index in [9.17, 15) is 4.79 Å². The fourth-order valence-electron chi connectivity index (χ4n) is 2.74. The molecule has 0 bridgehead atoms. The summed E-state index contributed by atoms with van der Waals surface area (Å²) in [5.74, 6) is 0.222. The molecule has 0 unspecified atom stereocenters. The maximum absolute atomic E-state index is 12.2. The van der Waals surface area contributed by atoms with E-state index in [4.69, 9.17) is 17.0 Å². The lowest BCUT2D eigenvalue weighted by atomic mass is 10.2. The molecule has 0 spiro atoms. The van der Waals surface area contributed by atoms with Crippen molar-refractivity contribution in [2.45, 2.75) is 6.42 Å². The van der Waals surface area contributed by atoms with E-state index >= 15 is 0 Å². The molecule has 3 N–H and O–H groups in total. The maximum atomic E-state index is 12.2. The first-order valence-corrected chi connectivity index (χ1v) is 9.65. The Morgan fingerprint density at radius 1 is 1.11 bits per heavy atom. The molecule has 3 rings (SSSR count). The Balaban J connectivity index is 1.35. The molecule has 1 aromatic heterocycles. The Labute approximate surface area is 169 Å². The van der Waals surface area contributed by atoms with Gasteiger partial charge in [0.2, 0.25) is 0 Å². The number of rotatable bonds is 6. The number of amides is 1. The second-order valence-corrected chi connectivity index (χ2v) is 6.71. The highest BCUT2D eigenvalue weighted by molar-refractivity contribution is 7.80. The summed E-state index contributed by atoms with van der Waals surface area (Å²) in [6.45, 7) is 5.28.